The molecule has 1 aliphatic carbocycles. The third kappa shape index (κ3) is 3.07. The monoisotopic (exact) mass is 322 g/mol. The zero-order valence-electron chi connectivity index (χ0n) is 11.5. The predicted octanol–water partition coefficient (Wildman–Crippen LogP) is 2.08. The third-order valence-corrected chi connectivity index (χ3v) is 5.28. The first kappa shape index (κ1) is 16.3. The summed E-state index contributed by atoms with van der Waals surface area (Å²) in [5, 5.41) is 0. The number of aryl methyl sites for hydroxylation is 1. The maximum absolute atomic E-state index is 12.9. The molecule has 0 heterocycles. The Labute approximate surface area is 121 Å². The number of sulfonamides is 1. The van der Waals surface area contributed by atoms with E-state index in [1.54, 1.807) is 19.1 Å². The molecular weight excluding hydrogens is 305 g/mol. The molecule has 0 aromatic heterocycles. The van der Waals surface area contributed by atoms with E-state index in [0.29, 0.717) is 17.5 Å². The highest BCUT2D eigenvalue weighted by molar-refractivity contribution is 7.89. The van der Waals surface area contributed by atoms with Crippen LogP contribution in [0, 0.1) is 0 Å². The zero-order valence-corrected chi connectivity index (χ0v) is 12.3. The molecule has 118 valence electrons. The summed E-state index contributed by atoms with van der Waals surface area (Å²) in [6.07, 6.45) is -4.64. The Morgan fingerprint density at radius 1 is 1.33 bits per heavy atom. The van der Waals surface area contributed by atoms with Crippen LogP contribution in [0.15, 0.2) is 23.1 Å². The largest absolute Gasteiger partial charge is 0.407 e. The maximum Gasteiger partial charge on any atom is 0.407 e. The second-order valence-corrected chi connectivity index (χ2v) is 6.84. The smallest absolute Gasteiger partial charge is 0.326 e. The van der Waals surface area contributed by atoms with E-state index in [-0.39, 0.29) is 24.3 Å². The Hall–Kier alpha value is -1.12. The lowest BCUT2D eigenvalue weighted by Gasteiger charge is -2.21. The van der Waals surface area contributed by atoms with Crippen LogP contribution >= 0.6 is 0 Å². The van der Waals surface area contributed by atoms with E-state index in [2.05, 4.69) is 0 Å². The topological polar surface area (TPSA) is 72.2 Å². The fourth-order valence-electron chi connectivity index (χ4n) is 2.15. The van der Waals surface area contributed by atoms with Gasteiger partial charge in [-0.3, -0.25) is 0 Å². The summed E-state index contributed by atoms with van der Waals surface area (Å²) >= 11 is 0. The number of nitrogens with two attached hydrogens (primary N) is 1. The van der Waals surface area contributed by atoms with Crippen LogP contribution in [0.3, 0.4) is 0 Å². The number of nitrogens with one attached hydrogen (secondary N) is 1. The van der Waals surface area contributed by atoms with Gasteiger partial charge in [-0.1, -0.05) is 19.1 Å². The average Bonchev–Trinajstić information content (AvgIpc) is 3.17. The van der Waals surface area contributed by atoms with E-state index in [4.69, 9.17) is 5.73 Å². The van der Waals surface area contributed by atoms with Crippen LogP contribution < -0.4 is 10.5 Å². The number of hydrogen-bond acceptors (Lipinski definition) is 3. The summed E-state index contributed by atoms with van der Waals surface area (Å²) in [4.78, 5) is -0.122. The fourth-order valence-corrected chi connectivity index (χ4v) is 3.96. The lowest BCUT2D eigenvalue weighted by atomic mass is 10.1. The maximum atomic E-state index is 12.9. The van der Waals surface area contributed by atoms with Crippen molar-refractivity contribution in [1.29, 1.82) is 0 Å². The van der Waals surface area contributed by atoms with Crippen LogP contribution in [0.4, 0.5) is 13.2 Å². The number of benzene rings is 1. The molecule has 0 amide bonds. The van der Waals surface area contributed by atoms with Gasteiger partial charge in [0.05, 0.1) is 4.90 Å². The van der Waals surface area contributed by atoms with Gasteiger partial charge in [0, 0.05) is 6.54 Å². The number of alkyl halides is 3. The van der Waals surface area contributed by atoms with Crippen molar-refractivity contribution in [2.45, 2.75) is 49.3 Å². The third-order valence-electron chi connectivity index (χ3n) is 3.66. The highest BCUT2D eigenvalue weighted by atomic mass is 32.2. The summed E-state index contributed by atoms with van der Waals surface area (Å²) in [6.45, 7) is 1.87. The fraction of sp³-hybridized carbons (Fsp3) is 0.538. The van der Waals surface area contributed by atoms with Gasteiger partial charge in [-0.05, 0) is 36.5 Å². The van der Waals surface area contributed by atoms with E-state index in [1.807, 2.05) is 4.72 Å². The van der Waals surface area contributed by atoms with Crippen molar-refractivity contribution >= 4 is 10.0 Å². The molecular formula is C13H17F3N2O2S. The first-order chi connectivity index (χ1) is 9.65. The Morgan fingerprint density at radius 2 is 1.95 bits per heavy atom. The number of hydrogen-bond donors (Lipinski definition) is 2. The van der Waals surface area contributed by atoms with E-state index < -0.39 is 21.7 Å². The minimum Gasteiger partial charge on any atom is -0.326 e. The van der Waals surface area contributed by atoms with Gasteiger partial charge < -0.3 is 5.73 Å². The molecule has 1 aliphatic rings. The van der Waals surface area contributed by atoms with Gasteiger partial charge in [0.25, 0.3) is 0 Å². The van der Waals surface area contributed by atoms with Gasteiger partial charge >= 0.3 is 6.18 Å². The SMILES string of the molecule is CCc1ccc(CN)cc1S(=O)(=O)NC1(C(F)(F)F)CC1. The van der Waals surface area contributed by atoms with E-state index in [0.717, 1.165) is 0 Å². The van der Waals surface area contributed by atoms with Gasteiger partial charge in [-0.25, -0.2) is 8.42 Å². The lowest BCUT2D eigenvalue weighted by molar-refractivity contribution is -0.160. The van der Waals surface area contributed by atoms with Gasteiger partial charge in [-0.15, -0.1) is 0 Å². The molecule has 3 N–H and O–H groups in total. The normalized spacial score (nSPS) is 17.8. The molecule has 0 atom stereocenters. The second-order valence-electron chi connectivity index (χ2n) is 5.19. The van der Waals surface area contributed by atoms with Crippen molar-refractivity contribution in [3.8, 4) is 0 Å². The highest BCUT2D eigenvalue weighted by Crippen LogP contribution is 2.49. The Balaban J connectivity index is 2.41. The van der Waals surface area contributed by atoms with Crippen molar-refractivity contribution in [3.63, 3.8) is 0 Å². The average molecular weight is 322 g/mol. The predicted molar refractivity (Wildman–Crippen MR) is 72.1 cm³/mol. The van der Waals surface area contributed by atoms with Crippen molar-refractivity contribution in [1.82, 2.24) is 4.72 Å². The molecule has 21 heavy (non-hydrogen) atoms. The molecule has 0 spiro atoms. The molecule has 0 saturated heterocycles. The van der Waals surface area contributed by atoms with Crippen molar-refractivity contribution in [2.75, 3.05) is 0 Å². The standard InChI is InChI=1S/C13H17F3N2O2S/c1-2-10-4-3-9(8-17)7-11(10)21(19,20)18-12(5-6-12)13(14,15)16/h3-4,7,18H,2,5-6,8,17H2,1H3. The van der Waals surface area contributed by atoms with Gasteiger partial charge in [0.1, 0.15) is 5.54 Å². The molecule has 4 nitrogen and oxygen atoms in total. The van der Waals surface area contributed by atoms with Gasteiger partial charge in [0.2, 0.25) is 10.0 Å². The van der Waals surface area contributed by atoms with Crippen molar-refractivity contribution < 1.29 is 21.6 Å². The lowest BCUT2D eigenvalue weighted by Crippen LogP contribution is -2.47. The molecule has 0 radical (unpaired) electrons. The van der Waals surface area contributed by atoms with E-state index >= 15 is 0 Å². The summed E-state index contributed by atoms with van der Waals surface area (Å²) in [7, 11) is -4.24. The first-order valence-corrected chi connectivity index (χ1v) is 8.06. The molecule has 1 saturated carbocycles. The molecule has 0 unspecified atom stereocenters. The molecule has 0 aliphatic heterocycles. The van der Waals surface area contributed by atoms with Crippen molar-refractivity contribution in [2.24, 2.45) is 5.73 Å². The summed E-state index contributed by atoms with van der Waals surface area (Å²) in [5.41, 5.74) is 4.19. The molecule has 0 bridgehead atoms. The molecule has 2 rings (SSSR count). The zero-order chi connectivity index (χ0) is 15.9. The molecule has 1 aromatic rings. The number of halogens is 3. The summed E-state index contributed by atoms with van der Waals surface area (Å²) in [6, 6.07) is 4.60. The molecule has 8 heteroatoms. The van der Waals surface area contributed by atoms with Gasteiger partial charge in [0.15, 0.2) is 0 Å². The van der Waals surface area contributed by atoms with Crippen LogP contribution in [-0.2, 0) is 23.0 Å². The summed E-state index contributed by atoms with van der Waals surface area (Å²) < 4.78 is 65.3. The quantitative estimate of drug-likeness (QED) is 0.872. The molecule has 1 aromatic carbocycles. The van der Waals surface area contributed by atoms with E-state index in [9.17, 15) is 21.6 Å². The summed E-state index contributed by atoms with van der Waals surface area (Å²) in [5.74, 6) is 0. The Bertz CT molecular complexity index is 637. The van der Waals surface area contributed by atoms with Crippen LogP contribution in [-0.4, -0.2) is 20.1 Å². The Kier molecular flexibility index (Phi) is 4.07. The number of rotatable bonds is 5. The molecule has 1 fully saturated rings. The van der Waals surface area contributed by atoms with Crippen LogP contribution in [0.25, 0.3) is 0 Å². The first-order valence-electron chi connectivity index (χ1n) is 6.58. The van der Waals surface area contributed by atoms with E-state index in [1.165, 1.54) is 6.07 Å². The van der Waals surface area contributed by atoms with Crippen LogP contribution in [0.2, 0.25) is 0 Å². The minimum atomic E-state index is -4.59. The second kappa shape index (κ2) is 5.26. The Morgan fingerprint density at radius 3 is 2.38 bits per heavy atom. The van der Waals surface area contributed by atoms with Crippen LogP contribution in [0.5, 0.6) is 0 Å². The minimum absolute atomic E-state index is 0.122. The van der Waals surface area contributed by atoms with Gasteiger partial charge in [-0.2, -0.15) is 17.9 Å². The van der Waals surface area contributed by atoms with Crippen molar-refractivity contribution in [3.05, 3.63) is 29.3 Å². The van der Waals surface area contributed by atoms with Crippen LogP contribution in [0.1, 0.15) is 30.9 Å². The highest BCUT2D eigenvalue weighted by Gasteiger charge is 2.65.